The van der Waals surface area contributed by atoms with Gasteiger partial charge >= 0.3 is 5.69 Å². The summed E-state index contributed by atoms with van der Waals surface area (Å²) in [5.74, 6) is -0.787. The van der Waals surface area contributed by atoms with Gasteiger partial charge in [0.25, 0.3) is 5.56 Å². The molecule has 0 spiro atoms. The maximum atomic E-state index is 13.4. The Morgan fingerprint density at radius 2 is 1.79 bits per heavy atom. The lowest BCUT2D eigenvalue weighted by Gasteiger charge is -2.18. The number of carbonyl (C=O) groups is 1. The van der Waals surface area contributed by atoms with Crippen LogP contribution in [0.25, 0.3) is 0 Å². The molecule has 0 amide bonds. The molecular formula is C21H19Cl2N3O3. The summed E-state index contributed by atoms with van der Waals surface area (Å²) >= 11 is 12.1. The first-order valence-corrected chi connectivity index (χ1v) is 9.72. The summed E-state index contributed by atoms with van der Waals surface area (Å²) in [6, 6.07) is 8.01. The highest BCUT2D eigenvalue weighted by atomic mass is 35.5. The van der Waals surface area contributed by atoms with Crippen LogP contribution in [0.15, 0.2) is 46.1 Å². The zero-order valence-electron chi connectivity index (χ0n) is 16.1. The molecule has 0 radical (unpaired) electrons. The third kappa shape index (κ3) is 4.49. The molecule has 150 valence electrons. The number of aromatic amines is 1. The van der Waals surface area contributed by atoms with Gasteiger partial charge in [0, 0.05) is 33.1 Å². The number of nitrogens with zero attached hydrogens (tertiary/aromatic N) is 2. The van der Waals surface area contributed by atoms with Crippen molar-refractivity contribution in [3.05, 3.63) is 95.5 Å². The van der Waals surface area contributed by atoms with Crippen LogP contribution in [0.3, 0.4) is 0 Å². The second-order valence-corrected chi connectivity index (χ2v) is 7.93. The molecule has 0 aliphatic heterocycles. The predicted molar refractivity (Wildman–Crippen MR) is 113 cm³/mol. The number of aryl methyl sites for hydroxylation is 1. The normalized spacial score (nSPS) is 11.1. The summed E-state index contributed by atoms with van der Waals surface area (Å²) in [6.07, 6.45) is 1.63. The van der Waals surface area contributed by atoms with E-state index < -0.39 is 17.0 Å². The first-order valence-electron chi connectivity index (χ1n) is 8.96. The Kier molecular flexibility index (Phi) is 6.05. The average molecular weight is 432 g/mol. The second-order valence-electron chi connectivity index (χ2n) is 7.06. The fourth-order valence-electron chi connectivity index (χ4n) is 3.22. The summed E-state index contributed by atoms with van der Waals surface area (Å²) in [4.78, 5) is 45.1. The van der Waals surface area contributed by atoms with E-state index in [2.05, 4.69) is 9.97 Å². The molecule has 0 atom stereocenters. The van der Waals surface area contributed by atoms with Gasteiger partial charge in [0.1, 0.15) is 5.69 Å². The first kappa shape index (κ1) is 21.0. The van der Waals surface area contributed by atoms with Crippen LogP contribution in [0, 0.1) is 6.92 Å². The van der Waals surface area contributed by atoms with Gasteiger partial charge in [-0.25, -0.2) is 4.79 Å². The van der Waals surface area contributed by atoms with E-state index in [4.69, 9.17) is 23.2 Å². The fraction of sp³-hybridized carbons (Fsp3) is 0.238. The summed E-state index contributed by atoms with van der Waals surface area (Å²) < 4.78 is 1.28. The highest BCUT2D eigenvalue weighted by Gasteiger charge is 2.25. The molecule has 6 nitrogen and oxygen atoms in total. The van der Waals surface area contributed by atoms with Crippen LogP contribution < -0.4 is 11.2 Å². The number of ketones is 1. The fourth-order valence-corrected chi connectivity index (χ4v) is 3.75. The zero-order chi connectivity index (χ0) is 21.3. The molecule has 2 aromatic heterocycles. The highest BCUT2D eigenvalue weighted by molar-refractivity contribution is 6.35. The van der Waals surface area contributed by atoms with E-state index in [0.717, 1.165) is 11.3 Å². The first-order chi connectivity index (χ1) is 13.7. The topological polar surface area (TPSA) is 84.8 Å². The number of benzene rings is 1. The van der Waals surface area contributed by atoms with Crippen molar-refractivity contribution < 1.29 is 4.79 Å². The van der Waals surface area contributed by atoms with Crippen LogP contribution in [0.2, 0.25) is 10.0 Å². The number of nitrogens with one attached hydrogen (secondary N) is 1. The standard InChI is InChI=1S/C21H19Cl2N3O3/c1-11(2)17-18(19(27)14-7-15(22)9-16(23)8-14)26(21(29)25-20(17)28)10-13-4-5-24-12(3)6-13/h4-9,11H,10H2,1-3H3,(H,25,28,29). The molecule has 0 unspecified atom stereocenters. The maximum absolute atomic E-state index is 13.4. The molecule has 0 saturated heterocycles. The molecule has 8 heteroatoms. The van der Waals surface area contributed by atoms with Crippen molar-refractivity contribution in [1.29, 1.82) is 0 Å². The Hall–Kier alpha value is -2.70. The van der Waals surface area contributed by atoms with Gasteiger partial charge in [-0.2, -0.15) is 0 Å². The number of aromatic nitrogens is 3. The molecule has 0 aliphatic rings. The van der Waals surface area contributed by atoms with Gasteiger partial charge in [0.05, 0.1) is 6.54 Å². The van der Waals surface area contributed by atoms with Gasteiger partial charge < -0.3 is 0 Å². The number of hydrogen-bond donors (Lipinski definition) is 1. The quantitative estimate of drug-likeness (QED) is 0.619. The van der Waals surface area contributed by atoms with Crippen molar-refractivity contribution in [3.8, 4) is 0 Å². The summed E-state index contributed by atoms with van der Waals surface area (Å²) in [5, 5.41) is 0.575. The average Bonchev–Trinajstić information content (AvgIpc) is 2.62. The third-order valence-corrected chi connectivity index (χ3v) is 4.89. The minimum absolute atomic E-state index is 0.0292. The van der Waals surface area contributed by atoms with Gasteiger partial charge in [0.15, 0.2) is 0 Å². The van der Waals surface area contributed by atoms with Crippen LogP contribution >= 0.6 is 23.2 Å². The lowest BCUT2D eigenvalue weighted by Crippen LogP contribution is -2.38. The van der Waals surface area contributed by atoms with Crippen molar-refractivity contribution in [2.75, 3.05) is 0 Å². The van der Waals surface area contributed by atoms with Gasteiger partial charge in [0.2, 0.25) is 5.78 Å². The van der Waals surface area contributed by atoms with E-state index in [1.807, 2.05) is 13.0 Å². The minimum Gasteiger partial charge on any atom is -0.287 e. The Labute approximate surface area is 177 Å². The monoisotopic (exact) mass is 431 g/mol. The van der Waals surface area contributed by atoms with Crippen molar-refractivity contribution in [2.45, 2.75) is 33.2 Å². The molecule has 0 fully saturated rings. The van der Waals surface area contributed by atoms with Gasteiger partial charge in [-0.1, -0.05) is 37.0 Å². The lowest BCUT2D eigenvalue weighted by molar-refractivity contribution is 0.102. The minimum atomic E-state index is -0.662. The van der Waals surface area contributed by atoms with Crippen molar-refractivity contribution in [1.82, 2.24) is 14.5 Å². The molecule has 2 heterocycles. The summed E-state index contributed by atoms with van der Waals surface area (Å²) in [5.41, 5.74) is 0.777. The number of H-pyrrole nitrogens is 1. The largest absolute Gasteiger partial charge is 0.329 e. The maximum Gasteiger partial charge on any atom is 0.329 e. The van der Waals surface area contributed by atoms with Gasteiger partial charge in [-0.15, -0.1) is 0 Å². The molecule has 29 heavy (non-hydrogen) atoms. The van der Waals surface area contributed by atoms with Crippen LogP contribution in [-0.4, -0.2) is 20.3 Å². The van der Waals surface area contributed by atoms with Crippen LogP contribution in [0.5, 0.6) is 0 Å². The SMILES string of the molecule is Cc1cc(Cn2c(C(=O)c3cc(Cl)cc(Cl)c3)c(C(C)C)c(=O)[nH]c2=O)ccn1. The Balaban J connectivity index is 2.28. The van der Waals surface area contributed by atoms with E-state index >= 15 is 0 Å². The third-order valence-electron chi connectivity index (χ3n) is 4.45. The smallest absolute Gasteiger partial charge is 0.287 e. The highest BCUT2D eigenvalue weighted by Crippen LogP contribution is 2.24. The van der Waals surface area contributed by atoms with Crippen molar-refractivity contribution in [3.63, 3.8) is 0 Å². The number of hydrogen-bond acceptors (Lipinski definition) is 4. The number of halogens is 2. The molecular weight excluding hydrogens is 413 g/mol. The van der Waals surface area contributed by atoms with E-state index in [-0.39, 0.29) is 39.3 Å². The van der Waals surface area contributed by atoms with E-state index in [0.29, 0.717) is 0 Å². The van der Waals surface area contributed by atoms with Crippen LogP contribution in [0.1, 0.15) is 52.6 Å². The Morgan fingerprint density at radius 1 is 1.14 bits per heavy atom. The number of rotatable bonds is 5. The molecule has 0 bridgehead atoms. The Bertz CT molecular complexity index is 1190. The zero-order valence-corrected chi connectivity index (χ0v) is 17.6. The molecule has 0 saturated carbocycles. The second kappa shape index (κ2) is 8.35. The summed E-state index contributed by atoms with van der Waals surface area (Å²) in [7, 11) is 0. The van der Waals surface area contributed by atoms with E-state index in [1.54, 1.807) is 26.1 Å². The van der Waals surface area contributed by atoms with E-state index in [1.165, 1.54) is 22.8 Å². The van der Waals surface area contributed by atoms with E-state index in [9.17, 15) is 14.4 Å². The molecule has 0 aliphatic carbocycles. The van der Waals surface area contributed by atoms with Crippen molar-refractivity contribution in [2.24, 2.45) is 0 Å². The lowest BCUT2D eigenvalue weighted by atomic mass is 9.96. The van der Waals surface area contributed by atoms with Gasteiger partial charge in [-0.3, -0.25) is 24.1 Å². The Morgan fingerprint density at radius 3 is 2.38 bits per heavy atom. The van der Waals surface area contributed by atoms with Gasteiger partial charge in [-0.05, 0) is 48.7 Å². The van der Waals surface area contributed by atoms with Crippen LogP contribution in [-0.2, 0) is 6.54 Å². The number of carbonyl (C=O) groups excluding carboxylic acids is 1. The molecule has 3 aromatic rings. The molecule has 3 rings (SSSR count). The number of pyridine rings is 1. The molecule has 1 N–H and O–H groups in total. The molecule has 1 aromatic carbocycles. The van der Waals surface area contributed by atoms with Crippen molar-refractivity contribution >= 4 is 29.0 Å². The summed E-state index contributed by atoms with van der Waals surface area (Å²) in [6.45, 7) is 5.52. The predicted octanol–water partition coefficient (Wildman–Crippen LogP) is 3.95. The van der Waals surface area contributed by atoms with Crippen LogP contribution in [0.4, 0.5) is 0 Å².